The van der Waals surface area contributed by atoms with Crippen LogP contribution in [0.5, 0.6) is 0 Å². The van der Waals surface area contributed by atoms with E-state index in [0.717, 1.165) is 32.9 Å². The first kappa shape index (κ1) is 46.5. The van der Waals surface area contributed by atoms with Crippen LogP contribution < -0.4 is 15.3 Å². The van der Waals surface area contributed by atoms with Crippen LogP contribution in [-0.4, -0.2) is 92.1 Å². The Labute approximate surface area is 266 Å². The zero-order chi connectivity index (χ0) is 34.5. The molecule has 0 fully saturated rings. The Morgan fingerprint density at radius 1 is 0.419 bits per heavy atom. The molecule has 0 aromatic carbocycles. The van der Waals surface area contributed by atoms with Crippen LogP contribution in [-0.2, 0) is 45.8 Å². The van der Waals surface area contributed by atoms with Crippen molar-refractivity contribution in [1.29, 1.82) is 0 Å². The minimum atomic E-state index is -0.769. The van der Waals surface area contributed by atoms with Crippen molar-refractivity contribution in [3.05, 3.63) is 35.5 Å². The standard InChI is InChI=1S/3C10H17NO3.Fe/c3*1-10(2,3)8(13)6-7(12)9(14)11(4)5;/h3*6,12H,1-5H3;/q;;;+3/p-3/b3*7-6-;. The van der Waals surface area contributed by atoms with Gasteiger partial charge in [-0.3, -0.25) is 28.8 Å². The summed E-state index contributed by atoms with van der Waals surface area (Å²) in [4.78, 5) is 70.8. The van der Waals surface area contributed by atoms with Gasteiger partial charge in [-0.1, -0.05) is 62.3 Å². The maximum Gasteiger partial charge on any atom is 3.00 e. The van der Waals surface area contributed by atoms with Crippen LogP contribution in [0.1, 0.15) is 62.3 Å². The molecule has 0 spiro atoms. The summed E-state index contributed by atoms with van der Waals surface area (Å²) in [6.45, 7) is 15.2. The van der Waals surface area contributed by atoms with Gasteiger partial charge in [0.05, 0.1) is 0 Å². The average Bonchev–Trinajstić information content (AvgIpc) is 2.80. The molecule has 0 aliphatic rings. The zero-order valence-electron chi connectivity index (χ0n) is 28.1. The van der Waals surface area contributed by atoms with Gasteiger partial charge in [0.15, 0.2) is 17.3 Å². The van der Waals surface area contributed by atoms with E-state index in [1.807, 2.05) is 0 Å². The maximum absolute atomic E-state index is 11.4. The van der Waals surface area contributed by atoms with Crippen LogP contribution in [0.15, 0.2) is 35.5 Å². The quantitative estimate of drug-likeness (QED) is 0.214. The van der Waals surface area contributed by atoms with Crippen molar-refractivity contribution in [3.63, 3.8) is 0 Å². The molecule has 0 aromatic heterocycles. The van der Waals surface area contributed by atoms with Crippen LogP contribution in [0.4, 0.5) is 0 Å². The number of allylic oxidation sites excluding steroid dienone is 3. The van der Waals surface area contributed by atoms with Crippen molar-refractivity contribution < 1.29 is 61.2 Å². The normalized spacial score (nSPS) is 12.2. The monoisotopic (exact) mass is 650 g/mol. The molecule has 0 aliphatic heterocycles. The minimum Gasteiger partial charge on any atom is -0.869 e. The molecule has 1 radical (unpaired) electrons. The van der Waals surface area contributed by atoms with Crippen LogP contribution in [0.3, 0.4) is 0 Å². The SMILES string of the molecule is CN(C)C(=O)/C([O-])=C/C(=O)C(C)(C)C.CN(C)C(=O)/C([O-])=C/C(=O)C(C)(C)C.CN(C)C(=O)/C([O-])=C/C(=O)C(C)(C)C.[Fe+3]. The fourth-order valence-corrected chi connectivity index (χ4v) is 1.85. The average molecular weight is 651 g/mol. The number of carbonyl (C=O) groups is 6. The van der Waals surface area contributed by atoms with E-state index in [0.29, 0.717) is 0 Å². The number of hydrogen-bond donors (Lipinski definition) is 0. The van der Waals surface area contributed by atoms with E-state index in [-0.39, 0.29) is 34.4 Å². The third kappa shape index (κ3) is 20.2. The fourth-order valence-electron chi connectivity index (χ4n) is 1.85. The minimum absolute atomic E-state index is 0. The molecule has 0 saturated carbocycles. The number of ketones is 3. The maximum atomic E-state index is 11.4. The Kier molecular flexibility index (Phi) is 20.5. The molecule has 0 heterocycles. The Morgan fingerprint density at radius 2 is 0.558 bits per heavy atom. The van der Waals surface area contributed by atoms with Crippen LogP contribution >= 0.6 is 0 Å². The molecule has 0 bridgehead atoms. The van der Waals surface area contributed by atoms with Crippen molar-refractivity contribution in [3.8, 4) is 0 Å². The number of nitrogens with zero attached hydrogens (tertiary/aromatic N) is 3. The zero-order valence-corrected chi connectivity index (χ0v) is 29.2. The smallest absolute Gasteiger partial charge is 0.869 e. The number of carbonyl (C=O) groups excluding carboxylic acids is 6. The molecule has 0 N–H and O–H groups in total. The van der Waals surface area contributed by atoms with Gasteiger partial charge in [-0.2, -0.15) is 0 Å². The van der Waals surface area contributed by atoms with Gasteiger partial charge in [0.25, 0.3) is 0 Å². The molecule has 0 aromatic rings. The molecular formula is C30H48FeN3O9. The predicted molar refractivity (Wildman–Crippen MR) is 154 cm³/mol. The van der Waals surface area contributed by atoms with Gasteiger partial charge in [0.1, 0.15) is 0 Å². The summed E-state index contributed by atoms with van der Waals surface area (Å²) >= 11 is 0. The first-order valence-electron chi connectivity index (χ1n) is 12.9. The largest absolute Gasteiger partial charge is 3.00 e. The summed E-state index contributed by atoms with van der Waals surface area (Å²) in [5.74, 6) is -5.35. The molecule has 3 amide bonds. The van der Waals surface area contributed by atoms with Crippen LogP contribution in [0, 0.1) is 16.2 Å². The molecule has 13 heteroatoms. The predicted octanol–water partition coefficient (Wildman–Crippen LogP) is -0.200. The first-order valence-corrected chi connectivity index (χ1v) is 12.9. The molecule has 0 aliphatic carbocycles. The molecule has 245 valence electrons. The summed E-state index contributed by atoms with van der Waals surface area (Å²) in [7, 11) is 8.81. The summed E-state index contributed by atoms with van der Waals surface area (Å²) < 4.78 is 0. The van der Waals surface area contributed by atoms with Gasteiger partial charge < -0.3 is 30.0 Å². The summed E-state index contributed by atoms with van der Waals surface area (Å²) in [5, 5.41) is 33.5. The van der Waals surface area contributed by atoms with Crippen molar-refractivity contribution in [1.82, 2.24) is 14.7 Å². The molecule has 0 saturated heterocycles. The van der Waals surface area contributed by atoms with Crippen LogP contribution in [0.25, 0.3) is 0 Å². The molecule has 0 rings (SSSR count). The van der Waals surface area contributed by atoms with Crippen molar-refractivity contribution >= 4 is 35.1 Å². The van der Waals surface area contributed by atoms with E-state index < -0.39 is 51.2 Å². The third-order valence-electron chi connectivity index (χ3n) is 4.86. The van der Waals surface area contributed by atoms with Gasteiger partial charge in [-0.05, 0) is 35.5 Å². The number of likely N-dealkylation sites (N-methyl/N-ethyl adjacent to an activating group) is 3. The molecular weight excluding hydrogens is 602 g/mol. The topological polar surface area (TPSA) is 181 Å². The van der Waals surface area contributed by atoms with E-state index in [9.17, 15) is 44.1 Å². The Balaban J connectivity index is -0.000000262. The molecule has 43 heavy (non-hydrogen) atoms. The Morgan fingerprint density at radius 3 is 0.651 bits per heavy atom. The van der Waals surface area contributed by atoms with Crippen molar-refractivity contribution in [2.45, 2.75) is 62.3 Å². The van der Waals surface area contributed by atoms with Crippen LogP contribution in [0.2, 0.25) is 0 Å². The number of amides is 3. The van der Waals surface area contributed by atoms with Gasteiger partial charge in [0.2, 0.25) is 17.7 Å². The summed E-state index contributed by atoms with van der Waals surface area (Å²) in [6.07, 6.45) is 2.59. The van der Waals surface area contributed by atoms with Crippen molar-refractivity contribution in [2.24, 2.45) is 16.2 Å². The Hall–Kier alpha value is -3.44. The van der Waals surface area contributed by atoms with E-state index >= 15 is 0 Å². The molecule has 0 unspecified atom stereocenters. The van der Waals surface area contributed by atoms with E-state index in [1.54, 1.807) is 62.3 Å². The summed E-state index contributed by atoms with van der Waals surface area (Å²) in [5.41, 5.74) is -1.87. The number of rotatable bonds is 6. The second kappa shape index (κ2) is 19.0. The Bertz CT molecular complexity index is 959. The van der Waals surface area contributed by atoms with Gasteiger partial charge >= 0.3 is 17.1 Å². The van der Waals surface area contributed by atoms with E-state index in [4.69, 9.17) is 0 Å². The molecule has 12 nitrogen and oxygen atoms in total. The van der Waals surface area contributed by atoms with E-state index in [2.05, 4.69) is 0 Å². The third-order valence-corrected chi connectivity index (χ3v) is 4.86. The van der Waals surface area contributed by atoms with Gasteiger partial charge in [-0.25, -0.2) is 0 Å². The first-order chi connectivity index (χ1) is 18.5. The second-order valence-corrected chi connectivity index (χ2v) is 13.0. The van der Waals surface area contributed by atoms with Gasteiger partial charge in [-0.15, -0.1) is 0 Å². The van der Waals surface area contributed by atoms with Crippen molar-refractivity contribution in [2.75, 3.05) is 42.3 Å². The fraction of sp³-hybridized carbons (Fsp3) is 0.600. The molecule has 0 atom stereocenters. The van der Waals surface area contributed by atoms with Gasteiger partial charge in [0, 0.05) is 58.5 Å². The van der Waals surface area contributed by atoms with E-state index in [1.165, 1.54) is 42.3 Å². The summed E-state index contributed by atoms with van der Waals surface area (Å²) in [6, 6.07) is 0. The number of hydrogen-bond acceptors (Lipinski definition) is 9. The second-order valence-electron chi connectivity index (χ2n) is 13.0.